The van der Waals surface area contributed by atoms with Crippen LogP contribution in [0.1, 0.15) is 22.2 Å². The van der Waals surface area contributed by atoms with Crippen LogP contribution in [0.5, 0.6) is 0 Å². The van der Waals surface area contributed by atoms with Crippen LogP contribution in [0.25, 0.3) is 5.76 Å². The summed E-state index contributed by atoms with van der Waals surface area (Å²) in [6.07, 6.45) is 2.99. The second-order valence-corrected chi connectivity index (χ2v) is 7.66. The predicted octanol–water partition coefficient (Wildman–Crippen LogP) is 3.52. The van der Waals surface area contributed by atoms with Gasteiger partial charge >= 0.3 is 5.91 Å². The average Bonchev–Trinajstić information content (AvgIpc) is 3.23. The van der Waals surface area contributed by atoms with Gasteiger partial charge in [-0.1, -0.05) is 35.1 Å². The summed E-state index contributed by atoms with van der Waals surface area (Å²) in [5.74, 6) is -1.86. The van der Waals surface area contributed by atoms with E-state index in [1.807, 2.05) is 0 Å². The fourth-order valence-corrected chi connectivity index (χ4v) is 3.98. The highest BCUT2D eigenvalue weighted by Crippen LogP contribution is 2.43. The summed E-state index contributed by atoms with van der Waals surface area (Å²) in [4.78, 5) is 30.9. The van der Waals surface area contributed by atoms with Crippen molar-refractivity contribution in [1.82, 2.24) is 15.2 Å². The lowest BCUT2D eigenvalue weighted by Gasteiger charge is -2.22. The molecule has 4 rings (SSSR count). The molecule has 0 saturated carbocycles. The highest BCUT2D eigenvalue weighted by molar-refractivity contribution is 7.15. The minimum absolute atomic E-state index is 0.0358. The average molecular weight is 413 g/mol. The highest BCUT2D eigenvalue weighted by atomic mass is 35.5. The topological polar surface area (TPSA) is 96.3 Å². The Balaban J connectivity index is 1.96. The Bertz CT molecular complexity index is 1110. The number of rotatable bonds is 3. The molecule has 0 radical (unpaired) electrons. The van der Waals surface area contributed by atoms with Gasteiger partial charge in [0.05, 0.1) is 11.6 Å². The number of carbonyl (C=O) groups is 2. The summed E-state index contributed by atoms with van der Waals surface area (Å²) in [5, 5.41) is 20.2. The monoisotopic (exact) mass is 412 g/mol. The summed E-state index contributed by atoms with van der Waals surface area (Å²) in [6.45, 7) is 1.75. The summed E-state index contributed by atoms with van der Waals surface area (Å²) < 4.78 is 0. The summed E-state index contributed by atoms with van der Waals surface area (Å²) in [7, 11) is 0. The Morgan fingerprint density at radius 1 is 1.18 bits per heavy atom. The Kier molecular flexibility index (Phi) is 4.66. The summed E-state index contributed by atoms with van der Waals surface area (Å²) in [6, 6.07) is 9.05. The third-order valence-electron chi connectivity index (χ3n) is 4.28. The fourth-order valence-electron chi connectivity index (χ4n) is 3.07. The minimum atomic E-state index is -0.876. The molecule has 1 atom stereocenters. The van der Waals surface area contributed by atoms with Gasteiger partial charge in [-0.15, -0.1) is 10.2 Å². The molecule has 2 aromatic heterocycles. The standard InChI is InChI=1S/C19H13ClN4O3S/c1-10-22-23-19(28-10)24-15(12-3-2-4-13(20)9-12)14(17(26)18(24)27)16(25)11-5-7-21-8-6-11/h2-9,15,25H,1H3/b16-14+. The van der Waals surface area contributed by atoms with Gasteiger partial charge in [0.1, 0.15) is 10.8 Å². The fraction of sp³-hybridized carbons (Fsp3) is 0.105. The van der Waals surface area contributed by atoms with Crippen molar-refractivity contribution in [2.24, 2.45) is 0 Å². The first-order chi connectivity index (χ1) is 13.5. The third-order valence-corrected chi connectivity index (χ3v) is 5.36. The van der Waals surface area contributed by atoms with Gasteiger partial charge < -0.3 is 5.11 Å². The summed E-state index contributed by atoms with van der Waals surface area (Å²) in [5.41, 5.74) is 0.926. The first-order valence-electron chi connectivity index (χ1n) is 8.24. The van der Waals surface area contributed by atoms with Gasteiger partial charge in [-0.3, -0.25) is 19.5 Å². The summed E-state index contributed by atoms with van der Waals surface area (Å²) >= 11 is 7.32. The molecular weight excluding hydrogens is 400 g/mol. The number of anilines is 1. The van der Waals surface area contributed by atoms with E-state index in [4.69, 9.17) is 11.6 Å². The second kappa shape index (κ2) is 7.14. The second-order valence-electron chi connectivity index (χ2n) is 6.06. The number of carbonyl (C=O) groups excluding carboxylic acids is 2. The Labute approximate surface area is 168 Å². The SMILES string of the molecule is Cc1nnc(N2C(=O)C(=O)/C(=C(/O)c3ccncc3)C2c2cccc(Cl)c2)s1. The van der Waals surface area contributed by atoms with Gasteiger partial charge in [0.15, 0.2) is 0 Å². The zero-order chi connectivity index (χ0) is 19.8. The molecule has 1 fully saturated rings. The van der Waals surface area contributed by atoms with Crippen molar-refractivity contribution in [2.75, 3.05) is 4.90 Å². The van der Waals surface area contributed by atoms with Crippen molar-refractivity contribution in [3.8, 4) is 0 Å². The molecule has 9 heteroatoms. The molecule has 140 valence electrons. The van der Waals surface area contributed by atoms with Crippen LogP contribution in [0.4, 0.5) is 5.13 Å². The number of aliphatic hydroxyl groups is 1. The van der Waals surface area contributed by atoms with Crippen molar-refractivity contribution in [2.45, 2.75) is 13.0 Å². The number of halogens is 1. The van der Waals surface area contributed by atoms with Crippen molar-refractivity contribution < 1.29 is 14.7 Å². The Morgan fingerprint density at radius 2 is 1.93 bits per heavy atom. The van der Waals surface area contributed by atoms with E-state index < -0.39 is 17.7 Å². The lowest BCUT2D eigenvalue weighted by Crippen LogP contribution is -2.29. The number of Topliss-reactive ketones (excluding diaryl/α,β-unsaturated/α-hetero) is 1. The van der Waals surface area contributed by atoms with Gasteiger partial charge in [-0.05, 0) is 36.8 Å². The maximum Gasteiger partial charge on any atom is 0.301 e. The number of aromatic nitrogens is 3. The van der Waals surface area contributed by atoms with Crippen LogP contribution in [0.2, 0.25) is 5.02 Å². The predicted molar refractivity (Wildman–Crippen MR) is 105 cm³/mol. The van der Waals surface area contributed by atoms with E-state index in [-0.39, 0.29) is 16.5 Å². The zero-order valence-corrected chi connectivity index (χ0v) is 16.1. The highest BCUT2D eigenvalue weighted by Gasteiger charge is 2.48. The molecule has 0 bridgehead atoms. The molecule has 3 aromatic rings. The molecule has 0 aliphatic carbocycles. The lowest BCUT2D eigenvalue weighted by atomic mass is 9.96. The lowest BCUT2D eigenvalue weighted by molar-refractivity contribution is -0.132. The largest absolute Gasteiger partial charge is 0.507 e. The molecule has 1 aromatic carbocycles. The van der Waals surface area contributed by atoms with Gasteiger partial charge in [-0.2, -0.15) is 0 Å². The van der Waals surface area contributed by atoms with E-state index in [0.717, 1.165) is 0 Å². The molecule has 1 saturated heterocycles. The van der Waals surface area contributed by atoms with Crippen LogP contribution in [0, 0.1) is 6.92 Å². The van der Waals surface area contributed by atoms with Gasteiger partial charge in [-0.25, -0.2) is 0 Å². The van der Waals surface area contributed by atoms with Gasteiger partial charge in [0, 0.05) is 23.0 Å². The number of amides is 1. The smallest absolute Gasteiger partial charge is 0.301 e. The minimum Gasteiger partial charge on any atom is -0.507 e. The van der Waals surface area contributed by atoms with E-state index in [9.17, 15) is 14.7 Å². The van der Waals surface area contributed by atoms with Crippen LogP contribution in [-0.4, -0.2) is 32.0 Å². The molecule has 1 amide bonds. The van der Waals surface area contributed by atoms with Gasteiger partial charge in [0.2, 0.25) is 5.13 Å². The number of ketones is 1. The number of aryl methyl sites for hydroxylation is 1. The first-order valence-corrected chi connectivity index (χ1v) is 9.44. The van der Waals surface area contributed by atoms with E-state index in [2.05, 4.69) is 15.2 Å². The van der Waals surface area contributed by atoms with E-state index in [1.54, 1.807) is 43.3 Å². The molecule has 1 aliphatic rings. The van der Waals surface area contributed by atoms with Crippen LogP contribution < -0.4 is 4.90 Å². The number of pyridine rings is 1. The maximum absolute atomic E-state index is 12.9. The van der Waals surface area contributed by atoms with E-state index >= 15 is 0 Å². The molecule has 7 nitrogen and oxygen atoms in total. The molecule has 28 heavy (non-hydrogen) atoms. The van der Waals surface area contributed by atoms with Crippen LogP contribution in [0.3, 0.4) is 0 Å². The van der Waals surface area contributed by atoms with E-state index in [0.29, 0.717) is 21.2 Å². The van der Waals surface area contributed by atoms with Crippen LogP contribution in [0.15, 0.2) is 54.4 Å². The first kappa shape index (κ1) is 18.3. The Morgan fingerprint density at radius 3 is 2.57 bits per heavy atom. The number of hydrogen-bond donors (Lipinski definition) is 1. The van der Waals surface area contributed by atoms with Crippen molar-refractivity contribution >= 4 is 45.5 Å². The van der Waals surface area contributed by atoms with Crippen molar-refractivity contribution in [3.63, 3.8) is 0 Å². The van der Waals surface area contributed by atoms with Crippen molar-refractivity contribution in [3.05, 3.63) is 75.5 Å². The number of aliphatic hydroxyl groups excluding tert-OH is 1. The van der Waals surface area contributed by atoms with Crippen molar-refractivity contribution in [1.29, 1.82) is 0 Å². The quantitative estimate of drug-likeness (QED) is 0.401. The van der Waals surface area contributed by atoms with Crippen LogP contribution in [-0.2, 0) is 9.59 Å². The molecule has 0 spiro atoms. The van der Waals surface area contributed by atoms with Gasteiger partial charge in [0.25, 0.3) is 5.78 Å². The maximum atomic E-state index is 12.9. The molecular formula is C19H13ClN4O3S. The normalized spacial score (nSPS) is 18.6. The van der Waals surface area contributed by atoms with E-state index in [1.165, 1.54) is 28.6 Å². The van der Waals surface area contributed by atoms with Crippen LogP contribution >= 0.6 is 22.9 Å². The Hall–Kier alpha value is -3.10. The molecule has 1 aliphatic heterocycles. The third kappa shape index (κ3) is 3.06. The zero-order valence-electron chi connectivity index (χ0n) is 14.5. The number of benzene rings is 1. The number of hydrogen-bond acceptors (Lipinski definition) is 7. The molecule has 1 unspecified atom stereocenters. The molecule has 1 N–H and O–H groups in total. The molecule has 3 heterocycles. The number of nitrogens with zero attached hydrogens (tertiary/aromatic N) is 4.